The van der Waals surface area contributed by atoms with Gasteiger partial charge in [-0.2, -0.15) is 0 Å². The molecular weight excluding hydrogens is 207 g/mol. The molecule has 3 N–H and O–H groups in total. The van der Waals surface area contributed by atoms with Crippen molar-refractivity contribution in [1.82, 2.24) is 5.32 Å². The Morgan fingerprint density at radius 2 is 2.15 bits per heavy atom. The monoisotopic (exact) mass is 218 g/mol. The van der Waals surface area contributed by atoms with Crippen molar-refractivity contribution >= 4 is 23.2 Å². The molecule has 0 aliphatic heterocycles. The highest BCUT2D eigenvalue weighted by molar-refractivity contribution is 6.33. The van der Waals surface area contributed by atoms with Crippen LogP contribution in [0.3, 0.4) is 0 Å². The van der Waals surface area contributed by atoms with Gasteiger partial charge in [0, 0.05) is 22.6 Å². The third-order valence-electron chi connectivity index (χ3n) is 1.92. The van der Waals surface area contributed by atoms with Gasteiger partial charge in [-0.3, -0.25) is 0 Å². The van der Waals surface area contributed by atoms with Crippen molar-refractivity contribution in [2.45, 2.75) is 6.04 Å². The molecule has 1 rings (SSSR count). The third-order valence-corrected chi connectivity index (χ3v) is 2.50. The molecule has 1 aromatic rings. The lowest BCUT2D eigenvalue weighted by molar-refractivity contribution is 0.606. The number of benzene rings is 1. The Balaban J connectivity index is 3.03. The molecule has 1 aromatic carbocycles. The first-order valence-corrected chi connectivity index (χ1v) is 4.77. The lowest BCUT2D eigenvalue weighted by Crippen LogP contribution is -2.25. The van der Waals surface area contributed by atoms with Crippen molar-refractivity contribution in [2.24, 2.45) is 5.73 Å². The first kappa shape index (κ1) is 10.8. The number of hydrogen-bond donors (Lipinski definition) is 2. The molecule has 13 heavy (non-hydrogen) atoms. The zero-order chi connectivity index (χ0) is 9.84. The zero-order valence-electron chi connectivity index (χ0n) is 7.35. The molecule has 0 aliphatic rings. The SMILES string of the molecule is CNC(CN)c1cc(Cl)ccc1Cl. The van der Waals surface area contributed by atoms with Crippen molar-refractivity contribution in [3.63, 3.8) is 0 Å². The molecule has 0 radical (unpaired) electrons. The minimum atomic E-state index is 0.0613. The summed E-state index contributed by atoms with van der Waals surface area (Å²) in [6.45, 7) is 0.497. The number of rotatable bonds is 3. The van der Waals surface area contributed by atoms with E-state index in [1.54, 1.807) is 12.1 Å². The predicted octanol–water partition coefficient (Wildman–Crippen LogP) is 2.21. The molecule has 4 heteroatoms. The van der Waals surface area contributed by atoms with Gasteiger partial charge in [-0.25, -0.2) is 0 Å². The van der Waals surface area contributed by atoms with Gasteiger partial charge >= 0.3 is 0 Å². The van der Waals surface area contributed by atoms with Gasteiger partial charge in [0.15, 0.2) is 0 Å². The van der Waals surface area contributed by atoms with Gasteiger partial charge in [-0.15, -0.1) is 0 Å². The van der Waals surface area contributed by atoms with Crippen LogP contribution >= 0.6 is 23.2 Å². The summed E-state index contributed by atoms with van der Waals surface area (Å²) in [4.78, 5) is 0. The van der Waals surface area contributed by atoms with E-state index in [9.17, 15) is 0 Å². The fourth-order valence-corrected chi connectivity index (χ4v) is 1.61. The summed E-state index contributed by atoms with van der Waals surface area (Å²) in [6, 6.07) is 5.43. The molecule has 0 fully saturated rings. The van der Waals surface area contributed by atoms with Crippen LogP contribution in [0, 0.1) is 0 Å². The van der Waals surface area contributed by atoms with Crippen molar-refractivity contribution in [3.8, 4) is 0 Å². The number of likely N-dealkylation sites (N-methyl/N-ethyl adjacent to an activating group) is 1. The third kappa shape index (κ3) is 2.58. The van der Waals surface area contributed by atoms with E-state index in [2.05, 4.69) is 5.32 Å². The highest BCUT2D eigenvalue weighted by atomic mass is 35.5. The van der Waals surface area contributed by atoms with Gasteiger partial charge in [0.25, 0.3) is 0 Å². The van der Waals surface area contributed by atoms with Crippen molar-refractivity contribution < 1.29 is 0 Å². The smallest absolute Gasteiger partial charge is 0.0457 e. The first-order chi connectivity index (χ1) is 6.19. The van der Waals surface area contributed by atoms with Crippen LogP contribution in [-0.4, -0.2) is 13.6 Å². The van der Waals surface area contributed by atoms with Crippen molar-refractivity contribution in [3.05, 3.63) is 33.8 Å². The van der Waals surface area contributed by atoms with Gasteiger partial charge in [-0.1, -0.05) is 23.2 Å². The summed E-state index contributed by atoms with van der Waals surface area (Å²) in [5, 5.41) is 4.43. The Kier molecular flexibility index (Phi) is 4.00. The van der Waals surface area contributed by atoms with E-state index < -0.39 is 0 Å². The van der Waals surface area contributed by atoms with Crippen LogP contribution in [0.2, 0.25) is 10.0 Å². The largest absolute Gasteiger partial charge is 0.329 e. The van der Waals surface area contributed by atoms with Crippen LogP contribution in [0.25, 0.3) is 0 Å². The summed E-state index contributed by atoms with van der Waals surface area (Å²) in [5.74, 6) is 0. The summed E-state index contributed by atoms with van der Waals surface area (Å²) in [6.07, 6.45) is 0. The van der Waals surface area contributed by atoms with Gasteiger partial charge in [0.2, 0.25) is 0 Å². The van der Waals surface area contributed by atoms with Crippen LogP contribution in [0.4, 0.5) is 0 Å². The molecule has 1 atom stereocenters. The maximum atomic E-state index is 5.99. The standard InChI is InChI=1S/C9H12Cl2N2/c1-13-9(5-12)7-4-6(10)2-3-8(7)11/h2-4,9,13H,5,12H2,1H3. The lowest BCUT2D eigenvalue weighted by Gasteiger charge is -2.15. The summed E-state index contributed by atoms with van der Waals surface area (Å²) in [5.41, 5.74) is 6.51. The van der Waals surface area contributed by atoms with Gasteiger partial charge in [0.1, 0.15) is 0 Å². The Labute approximate surface area is 88.0 Å². The average Bonchev–Trinajstić information content (AvgIpc) is 2.13. The van der Waals surface area contributed by atoms with Crippen LogP contribution in [0.5, 0.6) is 0 Å². The number of halogens is 2. The van der Waals surface area contributed by atoms with Crippen LogP contribution in [0.1, 0.15) is 11.6 Å². The Bertz CT molecular complexity index is 285. The Morgan fingerprint density at radius 1 is 1.46 bits per heavy atom. The maximum absolute atomic E-state index is 5.99. The second-order valence-electron chi connectivity index (χ2n) is 2.74. The quantitative estimate of drug-likeness (QED) is 0.817. The predicted molar refractivity (Wildman–Crippen MR) is 57.3 cm³/mol. The van der Waals surface area contributed by atoms with Gasteiger partial charge < -0.3 is 11.1 Å². The average molecular weight is 219 g/mol. The highest BCUT2D eigenvalue weighted by Gasteiger charge is 2.10. The molecular formula is C9H12Cl2N2. The fraction of sp³-hybridized carbons (Fsp3) is 0.333. The van der Waals surface area contributed by atoms with Crippen LogP contribution in [-0.2, 0) is 0 Å². The van der Waals surface area contributed by atoms with E-state index in [1.807, 2.05) is 13.1 Å². The van der Waals surface area contributed by atoms with E-state index in [-0.39, 0.29) is 6.04 Å². The Hall–Kier alpha value is -0.280. The van der Waals surface area contributed by atoms with Gasteiger partial charge in [0.05, 0.1) is 0 Å². The van der Waals surface area contributed by atoms with Crippen molar-refractivity contribution in [1.29, 1.82) is 0 Å². The molecule has 0 aromatic heterocycles. The molecule has 0 amide bonds. The number of nitrogens with two attached hydrogens (primary N) is 1. The normalized spacial score (nSPS) is 12.9. The molecule has 0 bridgehead atoms. The summed E-state index contributed by atoms with van der Waals surface area (Å²) < 4.78 is 0. The summed E-state index contributed by atoms with van der Waals surface area (Å²) in [7, 11) is 1.84. The molecule has 72 valence electrons. The van der Waals surface area contributed by atoms with E-state index in [4.69, 9.17) is 28.9 Å². The van der Waals surface area contributed by atoms with Crippen molar-refractivity contribution in [2.75, 3.05) is 13.6 Å². The molecule has 0 saturated carbocycles. The topological polar surface area (TPSA) is 38.0 Å². The molecule has 2 nitrogen and oxygen atoms in total. The lowest BCUT2D eigenvalue weighted by atomic mass is 10.1. The first-order valence-electron chi connectivity index (χ1n) is 4.01. The Morgan fingerprint density at radius 3 is 2.69 bits per heavy atom. The molecule has 0 aliphatic carbocycles. The zero-order valence-corrected chi connectivity index (χ0v) is 8.86. The second-order valence-corrected chi connectivity index (χ2v) is 3.59. The highest BCUT2D eigenvalue weighted by Crippen LogP contribution is 2.25. The van der Waals surface area contributed by atoms with E-state index in [0.29, 0.717) is 16.6 Å². The van der Waals surface area contributed by atoms with E-state index in [1.165, 1.54) is 0 Å². The minimum absolute atomic E-state index is 0.0613. The minimum Gasteiger partial charge on any atom is -0.329 e. The van der Waals surface area contributed by atoms with Crippen LogP contribution < -0.4 is 11.1 Å². The summed E-state index contributed by atoms with van der Waals surface area (Å²) >= 11 is 11.8. The van der Waals surface area contributed by atoms with Crippen LogP contribution in [0.15, 0.2) is 18.2 Å². The molecule has 0 saturated heterocycles. The fourth-order valence-electron chi connectivity index (χ4n) is 1.18. The maximum Gasteiger partial charge on any atom is 0.0457 e. The molecule has 0 heterocycles. The number of nitrogens with one attached hydrogen (secondary N) is 1. The van der Waals surface area contributed by atoms with E-state index >= 15 is 0 Å². The number of hydrogen-bond acceptors (Lipinski definition) is 2. The molecule has 0 spiro atoms. The van der Waals surface area contributed by atoms with E-state index in [0.717, 1.165) is 5.56 Å². The van der Waals surface area contributed by atoms with Gasteiger partial charge in [-0.05, 0) is 30.8 Å². The molecule has 1 unspecified atom stereocenters. The second kappa shape index (κ2) is 4.82.